The molecule has 0 fully saturated rings. The van der Waals surface area contributed by atoms with Crippen molar-refractivity contribution in [3.05, 3.63) is 0 Å². The maximum atomic E-state index is 10.8. The van der Waals surface area contributed by atoms with Crippen LogP contribution in [0, 0.1) is 0 Å². The molecule has 0 radical (unpaired) electrons. The van der Waals surface area contributed by atoms with Gasteiger partial charge in [-0.3, -0.25) is 10.2 Å². The molecule has 15 heavy (non-hydrogen) atoms. The fraction of sp³-hybridized carbons (Fsp3) is 0.909. The van der Waals surface area contributed by atoms with Crippen LogP contribution in [-0.4, -0.2) is 12.5 Å². The molecule has 0 rings (SSSR count). The number of hydrogen-bond acceptors (Lipinski definition) is 3. The molecule has 0 saturated heterocycles. The third-order valence-corrected chi connectivity index (χ3v) is 2.52. The standard InChI is InChI=1S/C11H25N3O/c12-10-8-6-4-2-1-3-5-7-9-11(15)14-13/h1-10,12-13H2,(H,14,15). The molecule has 0 aliphatic rings. The summed E-state index contributed by atoms with van der Waals surface area (Å²) < 4.78 is 0. The highest BCUT2D eigenvalue weighted by Crippen LogP contribution is 2.09. The molecule has 0 aliphatic heterocycles. The summed E-state index contributed by atoms with van der Waals surface area (Å²) in [6, 6.07) is 0. The number of rotatable bonds is 10. The Bertz CT molecular complexity index is 151. The van der Waals surface area contributed by atoms with E-state index in [2.05, 4.69) is 5.43 Å². The van der Waals surface area contributed by atoms with Gasteiger partial charge >= 0.3 is 0 Å². The lowest BCUT2D eigenvalue weighted by molar-refractivity contribution is -0.121. The van der Waals surface area contributed by atoms with E-state index in [1.54, 1.807) is 0 Å². The van der Waals surface area contributed by atoms with Crippen molar-refractivity contribution in [2.75, 3.05) is 6.54 Å². The first-order valence-corrected chi connectivity index (χ1v) is 6.00. The van der Waals surface area contributed by atoms with Crippen LogP contribution in [0.3, 0.4) is 0 Å². The molecule has 0 spiro atoms. The van der Waals surface area contributed by atoms with E-state index in [0.717, 1.165) is 25.8 Å². The quantitative estimate of drug-likeness (QED) is 0.223. The van der Waals surface area contributed by atoms with Gasteiger partial charge in [-0.05, 0) is 19.4 Å². The Hall–Kier alpha value is -0.610. The van der Waals surface area contributed by atoms with Crippen molar-refractivity contribution in [2.24, 2.45) is 11.6 Å². The van der Waals surface area contributed by atoms with Gasteiger partial charge in [0.25, 0.3) is 0 Å². The minimum atomic E-state index is -0.0575. The van der Waals surface area contributed by atoms with Crippen LogP contribution in [0.15, 0.2) is 0 Å². The molecule has 0 aromatic rings. The summed E-state index contributed by atoms with van der Waals surface area (Å²) in [4.78, 5) is 10.8. The van der Waals surface area contributed by atoms with Crippen LogP contribution in [0.5, 0.6) is 0 Å². The van der Waals surface area contributed by atoms with E-state index < -0.39 is 0 Å². The highest BCUT2D eigenvalue weighted by atomic mass is 16.2. The number of carbonyl (C=O) groups excluding carboxylic acids is 1. The van der Waals surface area contributed by atoms with Crippen LogP contribution in [0.1, 0.15) is 57.8 Å². The van der Waals surface area contributed by atoms with Gasteiger partial charge < -0.3 is 5.73 Å². The molecule has 4 heteroatoms. The van der Waals surface area contributed by atoms with Crippen LogP contribution in [0.25, 0.3) is 0 Å². The van der Waals surface area contributed by atoms with E-state index in [1.807, 2.05) is 0 Å². The second-order valence-corrected chi connectivity index (χ2v) is 3.93. The van der Waals surface area contributed by atoms with Crippen molar-refractivity contribution in [3.63, 3.8) is 0 Å². The van der Waals surface area contributed by atoms with Crippen molar-refractivity contribution in [3.8, 4) is 0 Å². The minimum absolute atomic E-state index is 0.0575. The fourth-order valence-corrected chi connectivity index (χ4v) is 1.56. The molecular weight excluding hydrogens is 190 g/mol. The number of nitrogens with two attached hydrogens (primary N) is 2. The SMILES string of the molecule is NCCCCCCCCCCC(=O)NN. The predicted molar refractivity (Wildman–Crippen MR) is 62.9 cm³/mol. The highest BCUT2D eigenvalue weighted by Gasteiger charge is 1.97. The fourth-order valence-electron chi connectivity index (χ4n) is 1.56. The smallest absolute Gasteiger partial charge is 0.233 e. The lowest BCUT2D eigenvalue weighted by Crippen LogP contribution is -2.29. The van der Waals surface area contributed by atoms with Gasteiger partial charge in [0, 0.05) is 6.42 Å². The molecule has 0 bridgehead atoms. The van der Waals surface area contributed by atoms with Gasteiger partial charge in [0.05, 0.1) is 0 Å². The van der Waals surface area contributed by atoms with Crippen LogP contribution in [0.4, 0.5) is 0 Å². The lowest BCUT2D eigenvalue weighted by Gasteiger charge is -2.01. The Morgan fingerprint density at radius 1 is 0.867 bits per heavy atom. The van der Waals surface area contributed by atoms with Gasteiger partial charge in [0.2, 0.25) is 5.91 Å². The van der Waals surface area contributed by atoms with Crippen molar-refractivity contribution in [1.82, 2.24) is 5.43 Å². The van der Waals surface area contributed by atoms with Crippen molar-refractivity contribution in [1.29, 1.82) is 0 Å². The number of hydrazine groups is 1. The first kappa shape index (κ1) is 14.4. The van der Waals surface area contributed by atoms with Gasteiger partial charge in [0.15, 0.2) is 0 Å². The number of nitrogens with one attached hydrogen (secondary N) is 1. The van der Waals surface area contributed by atoms with E-state index in [9.17, 15) is 4.79 Å². The molecule has 0 saturated carbocycles. The molecule has 0 unspecified atom stereocenters. The highest BCUT2D eigenvalue weighted by molar-refractivity contribution is 5.74. The molecule has 4 nitrogen and oxygen atoms in total. The number of hydrogen-bond donors (Lipinski definition) is 3. The van der Waals surface area contributed by atoms with Gasteiger partial charge in [-0.1, -0.05) is 38.5 Å². The molecule has 0 heterocycles. The zero-order valence-corrected chi connectivity index (χ0v) is 9.63. The average Bonchev–Trinajstić information content (AvgIpc) is 2.26. The number of amides is 1. The van der Waals surface area contributed by atoms with E-state index in [4.69, 9.17) is 11.6 Å². The summed E-state index contributed by atoms with van der Waals surface area (Å²) >= 11 is 0. The lowest BCUT2D eigenvalue weighted by atomic mass is 10.1. The summed E-state index contributed by atoms with van der Waals surface area (Å²) in [6.45, 7) is 0.814. The third kappa shape index (κ3) is 11.3. The van der Waals surface area contributed by atoms with Gasteiger partial charge in [-0.15, -0.1) is 0 Å². The molecule has 0 aliphatic carbocycles. The van der Waals surface area contributed by atoms with E-state index in [0.29, 0.717) is 6.42 Å². The number of unbranched alkanes of at least 4 members (excludes halogenated alkanes) is 7. The normalized spacial score (nSPS) is 10.3. The Morgan fingerprint density at radius 2 is 1.33 bits per heavy atom. The molecule has 0 atom stereocenters. The first-order valence-electron chi connectivity index (χ1n) is 6.00. The van der Waals surface area contributed by atoms with Crippen LogP contribution in [-0.2, 0) is 4.79 Å². The largest absolute Gasteiger partial charge is 0.330 e. The van der Waals surface area contributed by atoms with Gasteiger partial charge in [-0.25, -0.2) is 5.84 Å². The molecule has 0 aromatic carbocycles. The van der Waals surface area contributed by atoms with Crippen LogP contribution in [0.2, 0.25) is 0 Å². The Balaban J connectivity index is 2.95. The van der Waals surface area contributed by atoms with Crippen LogP contribution < -0.4 is 17.0 Å². The Labute approximate surface area is 92.7 Å². The second-order valence-electron chi connectivity index (χ2n) is 3.93. The molecule has 1 amide bonds. The Kier molecular flexibility index (Phi) is 11.0. The monoisotopic (exact) mass is 215 g/mol. The maximum Gasteiger partial charge on any atom is 0.233 e. The average molecular weight is 215 g/mol. The summed E-state index contributed by atoms with van der Waals surface area (Å²) in [5.74, 6) is 4.91. The van der Waals surface area contributed by atoms with Gasteiger partial charge in [0.1, 0.15) is 0 Å². The van der Waals surface area contributed by atoms with Crippen molar-refractivity contribution in [2.45, 2.75) is 57.8 Å². The van der Waals surface area contributed by atoms with Gasteiger partial charge in [-0.2, -0.15) is 0 Å². The molecular formula is C11H25N3O. The predicted octanol–water partition coefficient (Wildman–Crippen LogP) is 1.45. The second kappa shape index (κ2) is 11.5. The molecule has 0 aromatic heterocycles. The summed E-state index contributed by atoms with van der Waals surface area (Å²) in [5.41, 5.74) is 7.54. The summed E-state index contributed by atoms with van der Waals surface area (Å²) in [5, 5.41) is 0. The van der Waals surface area contributed by atoms with E-state index in [1.165, 1.54) is 32.1 Å². The molecule has 90 valence electrons. The topological polar surface area (TPSA) is 81.1 Å². The zero-order chi connectivity index (χ0) is 11.4. The van der Waals surface area contributed by atoms with E-state index >= 15 is 0 Å². The molecule has 5 N–H and O–H groups in total. The maximum absolute atomic E-state index is 10.8. The van der Waals surface area contributed by atoms with E-state index in [-0.39, 0.29) is 5.91 Å². The minimum Gasteiger partial charge on any atom is -0.330 e. The third-order valence-electron chi connectivity index (χ3n) is 2.52. The van der Waals surface area contributed by atoms with Crippen LogP contribution >= 0.6 is 0 Å². The zero-order valence-electron chi connectivity index (χ0n) is 9.63. The summed E-state index contributed by atoms with van der Waals surface area (Å²) in [6.07, 6.45) is 10.1. The Morgan fingerprint density at radius 3 is 1.80 bits per heavy atom. The van der Waals surface area contributed by atoms with Crippen molar-refractivity contribution < 1.29 is 4.79 Å². The summed E-state index contributed by atoms with van der Waals surface area (Å²) in [7, 11) is 0. The first-order chi connectivity index (χ1) is 7.31. The van der Waals surface area contributed by atoms with Crippen molar-refractivity contribution >= 4 is 5.91 Å². The number of carbonyl (C=O) groups is 1.